The van der Waals surface area contributed by atoms with Gasteiger partial charge in [0, 0.05) is 11.6 Å². The zero-order valence-corrected chi connectivity index (χ0v) is 13.3. The van der Waals surface area contributed by atoms with E-state index in [0.29, 0.717) is 28.7 Å². The van der Waals surface area contributed by atoms with Gasteiger partial charge in [-0.15, -0.1) is 12.4 Å². The zero-order chi connectivity index (χ0) is 14.5. The van der Waals surface area contributed by atoms with E-state index in [1.807, 2.05) is 0 Å². The lowest BCUT2D eigenvalue weighted by Crippen LogP contribution is -2.29. The predicted molar refractivity (Wildman–Crippen MR) is 86.3 cm³/mol. The molecule has 116 valence electrons. The number of carbonyl (C=O) groups excluding carboxylic acids is 2. The van der Waals surface area contributed by atoms with Crippen LogP contribution in [0.25, 0.3) is 0 Å². The van der Waals surface area contributed by atoms with Crippen LogP contribution < -0.4 is 16.0 Å². The fourth-order valence-electron chi connectivity index (χ4n) is 1.82. The standard InChI is InChI=1S/C14H18ClN3O2.ClH/c1-16-8-13(19)18-12-5-4-10(15)6-11(12)14(20)17-7-9-2-3-9;/h4-6,9,16H,2-3,7-8H2,1H3,(H,17,20)(H,18,19);1H. The van der Waals surface area contributed by atoms with E-state index in [9.17, 15) is 9.59 Å². The zero-order valence-electron chi connectivity index (χ0n) is 11.7. The third-order valence-electron chi connectivity index (χ3n) is 3.09. The smallest absolute Gasteiger partial charge is 0.253 e. The van der Waals surface area contributed by atoms with Crippen molar-refractivity contribution in [3.05, 3.63) is 28.8 Å². The van der Waals surface area contributed by atoms with E-state index in [1.165, 1.54) is 12.8 Å². The largest absolute Gasteiger partial charge is 0.352 e. The predicted octanol–water partition coefficient (Wildman–Crippen LogP) is 2.06. The van der Waals surface area contributed by atoms with Gasteiger partial charge >= 0.3 is 0 Å². The Morgan fingerprint density at radius 2 is 2.05 bits per heavy atom. The minimum atomic E-state index is -0.209. The molecule has 5 nitrogen and oxygen atoms in total. The van der Waals surface area contributed by atoms with Crippen molar-refractivity contribution in [1.82, 2.24) is 10.6 Å². The third kappa shape index (κ3) is 5.53. The molecule has 0 aromatic heterocycles. The van der Waals surface area contributed by atoms with Crippen molar-refractivity contribution in [3.63, 3.8) is 0 Å². The Kier molecular flexibility index (Phi) is 6.95. The molecule has 1 saturated carbocycles. The highest BCUT2D eigenvalue weighted by molar-refractivity contribution is 6.31. The van der Waals surface area contributed by atoms with Gasteiger partial charge in [0.05, 0.1) is 17.8 Å². The van der Waals surface area contributed by atoms with Crippen LogP contribution in [-0.4, -0.2) is 32.0 Å². The summed E-state index contributed by atoms with van der Waals surface area (Å²) in [5, 5.41) is 8.79. The molecule has 1 aromatic rings. The molecule has 0 bridgehead atoms. The molecule has 1 fully saturated rings. The summed E-state index contributed by atoms with van der Waals surface area (Å²) >= 11 is 5.93. The van der Waals surface area contributed by atoms with Crippen LogP contribution in [0.1, 0.15) is 23.2 Å². The first-order chi connectivity index (χ1) is 9.60. The number of halogens is 2. The van der Waals surface area contributed by atoms with Crippen LogP contribution in [0.4, 0.5) is 5.69 Å². The van der Waals surface area contributed by atoms with Gasteiger partial charge in [-0.25, -0.2) is 0 Å². The van der Waals surface area contributed by atoms with Crippen LogP contribution in [0.5, 0.6) is 0 Å². The van der Waals surface area contributed by atoms with Gasteiger partial charge in [-0.05, 0) is 44.0 Å². The topological polar surface area (TPSA) is 70.2 Å². The summed E-state index contributed by atoms with van der Waals surface area (Å²) in [4.78, 5) is 23.8. The molecule has 0 spiro atoms. The highest BCUT2D eigenvalue weighted by atomic mass is 35.5. The molecule has 0 saturated heterocycles. The molecule has 0 heterocycles. The van der Waals surface area contributed by atoms with Crippen LogP contribution in [0.3, 0.4) is 0 Å². The van der Waals surface area contributed by atoms with Gasteiger partial charge in [0.2, 0.25) is 5.91 Å². The molecule has 0 atom stereocenters. The number of amides is 2. The van der Waals surface area contributed by atoms with Crippen molar-refractivity contribution in [1.29, 1.82) is 0 Å². The van der Waals surface area contributed by atoms with Gasteiger partial charge < -0.3 is 16.0 Å². The highest BCUT2D eigenvalue weighted by Gasteiger charge is 2.22. The molecule has 0 unspecified atom stereocenters. The molecule has 1 aliphatic rings. The van der Waals surface area contributed by atoms with Crippen LogP contribution >= 0.6 is 24.0 Å². The summed E-state index contributed by atoms with van der Waals surface area (Å²) in [6.07, 6.45) is 2.34. The lowest BCUT2D eigenvalue weighted by atomic mass is 10.1. The van der Waals surface area contributed by atoms with Crippen molar-refractivity contribution in [2.24, 2.45) is 5.92 Å². The summed E-state index contributed by atoms with van der Waals surface area (Å²) in [7, 11) is 1.69. The van der Waals surface area contributed by atoms with E-state index in [2.05, 4.69) is 16.0 Å². The minimum absolute atomic E-state index is 0. The van der Waals surface area contributed by atoms with Crippen LogP contribution in [0.2, 0.25) is 5.02 Å². The second-order valence-electron chi connectivity index (χ2n) is 4.92. The van der Waals surface area contributed by atoms with Gasteiger partial charge in [-0.1, -0.05) is 11.6 Å². The van der Waals surface area contributed by atoms with Crippen molar-refractivity contribution < 1.29 is 9.59 Å². The Hall–Kier alpha value is -1.30. The SMILES string of the molecule is CNCC(=O)Nc1ccc(Cl)cc1C(=O)NCC1CC1.Cl. The fourth-order valence-corrected chi connectivity index (χ4v) is 1.99. The third-order valence-corrected chi connectivity index (χ3v) is 3.32. The van der Waals surface area contributed by atoms with Gasteiger partial charge in [0.1, 0.15) is 0 Å². The van der Waals surface area contributed by atoms with Gasteiger partial charge in [0.25, 0.3) is 5.91 Å². The molecule has 3 N–H and O–H groups in total. The number of benzene rings is 1. The second kappa shape index (κ2) is 8.22. The number of rotatable bonds is 6. The van der Waals surface area contributed by atoms with E-state index >= 15 is 0 Å². The molecule has 0 radical (unpaired) electrons. The first-order valence-corrected chi connectivity index (χ1v) is 7.00. The van der Waals surface area contributed by atoms with E-state index in [1.54, 1.807) is 25.2 Å². The quantitative estimate of drug-likeness (QED) is 0.747. The van der Waals surface area contributed by atoms with Crippen molar-refractivity contribution in [2.45, 2.75) is 12.8 Å². The molecule has 21 heavy (non-hydrogen) atoms. The Morgan fingerprint density at radius 3 is 2.67 bits per heavy atom. The van der Waals surface area contributed by atoms with Crippen molar-refractivity contribution in [3.8, 4) is 0 Å². The Bertz CT molecular complexity index is 519. The van der Waals surface area contributed by atoms with Crippen LogP contribution in [0, 0.1) is 5.92 Å². The average molecular weight is 332 g/mol. The van der Waals surface area contributed by atoms with Crippen molar-refractivity contribution >= 4 is 41.5 Å². The molecule has 2 amide bonds. The number of hydrogen-bond acceptors (Lipinski definition) is 3. The number of hydrogen-bond donors (Lipinski definition) is 3. The Labute approximate surface area is 135 Å². The summed E-state index contributed by atoms with van der Waals surface area (Å²) in [6.45, 7) is 0.862. The maximum Gasteiger partial charge on any atom is 0.253 e. The highest BCUT2D eigenvalue weighted by Crippen LogP contribution is 2.28. The van der Waals surface area contributed by atoms with E-state index in [-0.39, 0.29) is 30.8 Å². The fraction of sp³-hybridized carbons (Fsp3) is 0.429. The summed E-state index contributed by atoms with van der Waals surface area (Å²) in [6, 6.07) is 4.86. The molecular formula is C14H19Cl2N3O2. The second-order valence-corrected chi connectivity index (χ2v) is 5.36. The molecule has 0 aliphatic heterocycles. The maximum absolute atomic E-state index is 12.2. The van der Waals surface area contributed by atoms with Gasteiger partial charge in [0.15, 0.2) is 0 Å². The molecule has 2 rings (SSSR count). The summed E-state index contributed by atoms with van der Waals surface area (Å²) < 4.78 is 0. The number of likely N-dealkylation sites (N-methyl/N-ethyl adjacent to an activating group) is 1. The number of nitrogens with one attached hydrogen (secondary N) is 3. The van der Waals surface area contributed by atoms with Gasteiger partial charge in [-0.2, -0.15) is 0 Å². The van der Waals surface area contributed by atoms with Crippen LogP contribution in [-0.2, 0) is 4.79 Å². The van der Waals surface area contributed by atoms with E-state index < -0.39 is 0 Å². The lowest BCUT2D eigenvalue weighted by Gasteiger charge is -2.12. The summed E-state index contributed by atoms with van der Waals surface area (Å²) in [5.74, 6) is 0.186. The normalized spacial score (nSPS) is 13.2. The van der Waals surface area contributed by atoms with Crippen LogP contribution in [0.15, 0.2) is 18.2 Å². The lowest BCUT2D eigenvalue weighted by molar-refractivity contribution is -0.115. The van der Waals surface area contributed by atoms with Gasteiger partial charge in [-0.3, -0.25) is 9.59 Å². The Balaban J connectivity index is 0.00000220. The Morgan fingerprint density at radius 1 is 1.33 bits per heavy atom. The molecule has 1 aromatic carbocycles. The molecule has 7 heteroatoms. The molecular weight excluding hydrogens is 313 g/mol. The first kappa shape index (κ1) is 17.8. The van der Waals surface area contributed by atoms with E-state index in [4.69, 9.17) is 11.6 Å². The minimum Gasteiger partial charge on any atom is -0.352 e. The average Bonchev–Trinajstić information content (AvgIpc) is 3.22. The monoisotopic (exact) mass is 331 g/mol. The maximum atomic E-state index is 12.2. The number of anilines is 1. The van der Waals surface area contributed by atoms with E-state index in [0.717, 1.165) is 0 Å². The van der Waals surface area contributed by atoms with Crippen molar-refractivity contribution in [2.75, 3.05) is 25.5 Å². The molecule has 1 aliphatic carbocycles. The number of carbonyl (C=O) groups is 2. The first-order valence-electron chi connectivity index (χ1n) is 6.62. The summed E-state index contributed by atoms with van der Waals surface area (Å²) in [5.41, 5.74) is 0.866.